The zero-order valence-corrected chi connectivity index (χ0v) is 18.1. The predicted molar refractivity (Wildman–Crippen MR) is 118 cm³/mol. The number of carbonyl (C=O) groups excluding carboxylic acids is 2. The average molecular weight is 458 g/mol. The number of aliphatic hydroxyl groups is 1. The molecule has 1 amide bonds. The molecule has 1 unspecified atom stereocenters. The lowest BCUT2D eigenvalue weighted by Gasteiger charge is -2.24. The normalized spacial score (nSPS) is 17.9. The van der Waals surface area contributed by atoms with Gasteiger partial charge in [0.15, 0.2) is 0 Å². The first-order chi connectivity index (χ1) is 14.8. The molecule has 1 aromatic heterocycles. The maximum atomic E-state index is 13.5. The number of methoxy groups -OCH3 is 1. The molecule has 8 heteroatoms. The Morgan fingerprint density at radius 2 is 1.90 bits per heavy atom. The summed E-state index contributed by atoms with van der Waals surface area (Å²) in [6.45, 7) is 1.79. The fourth-order valence-corrected chi connectivity index (χ4v) is 4.85. The molecule has 0 spiro atoms. The lowest BCUT2D eigenvalue weighted by Crippen LogP contribution is -2.29. The van der Waals surface area contributed by atoms with Gasteiger partial charge in [-0.2, -0.15) is 0 Å². The van der Waals surface area contributed by atoms with Crippen molar-refractivity contribution in [2.45, 2.75) is 13.0 Å². The van der Waals surface area contributed by atoms with Crippen LogP contribution < -0.4 is 9.64 Å². The highest BCUT2D eigenvalue weighted by Gasteiger charge is 2.47. The fraction of sp³-hybridized carbons (Fsp3) is 0.130. The average Bonchev–Trinajstić information content (AvgIpc) is 3.35. The van der Waals surface area contributed by atoms with Gasteiger partial charge in [-0.1, -0.05) is 17.7 Å². The highest BCUT2D eigenvalue weighted by Crippen LogP contribution is 2.45. The number of nitrogens with zero attached hydrogens (tertiary/aromatic N) is 1. The van der Waals surface area contributed by atoms with Crippen molar-refractivity contribution in [1.82, 2.24) is 0 Å². The molecule has 1 N–H and O–H groups in total. The Balaban J connectivity index is 1.97. The molecule has 0 bridgehead atoms. The van der Waals surface area contributed by atoms with Gasteiger partial charge in [0, 0.05) is 10.6 Å². The smallest absolute Gasteiger partial charge is 0.300 e. The van der Waals surface area contributed by atoms with Crippen molar-refractivity contribution >= 4 is 46.1 Å². The van der Waals surface area contributed by atoms with E-state index in [0.717, 1.165) is 5.56 Å². The summed E-state index contributed by atoms with van der Waals surface area (Å²) < 4.78 is 18.8. The van der Waals surface area contributed by atoms with Crippen LogP contribution in [0.25, 0.3) is 5.76 Å². The SMILES string of the molecule is COc1c(Cl)cc(C)cc1/C(O)=C1/C(=O)C(=O)N(c2ccc(F)cc2)C1c1cccs1. The van der Waals surface area contributed by atoms with Crippen LogP contribution in [0.15, 0.2) is 59.5 Å². The first-order valence-electron chi connectivity index (χ1n) is 9.28. The fourth-order valence-electron chi connectivity index (χ4n) is 3.67. The third-order valence-electron chi connectivity index (χ3n) is 5.01. The molecule has 5 nitrogen and oxygen atoms in total. The van der Waals surface area contributed by atoms with Gasteiger partial charge in [0.1, 0.15) is 23.4 Å². The molecule has 1 atom stereocenters. The van der Waals surface area contributed by atoms with E-state index in [4.69, 9.17) is 16.3 Å². The molecule has 1 fully saturated rings. The molecule has 0 saturated carbocycles. The summed E-state index contributed by atoms with van der Waals surface area (Å²) in [4.78, 5) is 28.0. The quantitative estimate of drug-likeness (QED) is 0.320. The second-order valence-corrected chi connectivity index (χ2v) is 8.37. The van der Waals surface area contributed by atoms with E-state index in [1.54, 1.807) is 31.2 Å². The maximum absolute atomic E-state index is 13.5. The first-order valence-corrected chi connectivity index (χ1v) is 10.5. The number of hydrogen-bond donors (Lipinski definition) is 1. The molecule has 0 aliphatic carbocycles. The predicted octanol–water partition coefficient (Wildman–Crippen LogP) is 5.48. The first kappa shape index (κ1) is 21.1. The van der Waals surface area contributed by atoms with E-state index < -0.39 is 23.5 Å². The van der Waals surface area contributed by atoms with Crippen LogP contribution >= 0.6 is 22.9 Å². The highest BCUT2D eigenvalue weighted by atomic mass is 35.5. The third-order valence-corrected chi connectivity index (χ3v) is 6.21. The number of ether oxygens (including phenoxy) is 1. The van der Waals surface area contributed by atoms with Gasteiger partial charge in [0.2, 0.25) is 0 Å². The largest absolute Gasteiger partial charge is 0.507 e. The van der Waals surface area contributed by atoms with Crippen LogP contribution in [0.5, 0.6) is 5.75 Å². The van der Waals surface area contributed by atoms with Crippen LogP contribution in [-0.2, 0) is 9.59 Å². The number of Topliss-reactive ketones (excluding diaryl/α,β-unsaturated/α-hetero) is 1. The summed E-state index contributed by atoms with van der Waals surface area (Å²) in [5.41, 5.74) is 1.21. The Hall–Kier alpha value is -3.16. The van der Waals surface area contributed by atoms with Gasteiger partial charge in [-0.05, 0) is 60.3 Å². The highest BCUT2D eigenvalue weighted by molar-refractivity contribution is 7.10. The number of halogens is 2. The van der Waals surface area contributed by atoms with Gasteiger partial charge < -0.3 is 9.84 Å². The zero-order chi connectivity index (χ0) is 22.3. The molecule has 1 saturated heterocycles. The van der Waals surface area contributed by atoms with E-state index in [2.05, 4.69) is 0 Å². The summed E-state index contributed by atoms with van der Waals surface area (Å²) in [6, 6.07) is 11.3. The van der Waals surface area contributed by atoms with Gasteiger partial charge in [-0.3, -0.25) is 14.5 Å². The molecular weight excluding hydrogens is 441 g/mol. The van der Waals surface area contributed by atoms with Crippen LogP contribution in [0.3, 0.4) is 0 Å². The molecule has 158 valence electrons. The number of ketones is 1. The summed E-state index contributed by atoms with van der Waals surface area (Å²) in [5, 5.41) is 13.3. The Labute approximate surface area is 187 Å². The topological polar surface area (TPSA) is 66.8 Å². The van der Waals surface area contributed by atoms with Gasteiger partial charge >= 0.3 is 0 Å². The van der Waals surface area contributed by atoms with Gasteiger partial charge in [-0.25, -0.2) is 4.39 Å². The van der Waals surface area contributed by atoms with Crippen LogP contribution in [0.1, 0.15) is 22.0 Å². The molecule has 31 heavy (non-hydrogen) atoms. The Morgan fingerprint density at radius 1 is 1.19 bits per heavy atom. The lowest BCUT2D eigenvalue weighted by molar-refractivity contribution is -0.132. The molecule has 2 aromatic carbocycles. The van der Waals surface area contributed by atoms with E-state index in [0.29, 0.717) is 10.6 Å². The van der Waals surface area contributed by atoms with E-state index in [1.165, 1.54) is 47.6 Å². The number of amides is 1. The Bertz CT molecular complexity index is 1210. The van der Waals surface area contributed by atoms with E-state index in [-0.39, 0.29) is 27.7 Å². The van der Waals surface area contributed by atoms with Gasteiger partial charge in [0.25, 0.3) is 11.7 Å². The van der Waals surface area contributed by atoms with Gasteiger partial charge in [0.05, 0.1) is 23.3 Å². The number of aliphatic hydroxyl groups excluding tert-OH is 1. The lowest BCUT2D eigenvalue weighted by atomic mass is 9.98. The molecule has 1 aliphatic rings. The molecular formula is C23H17ClFNO4S. The molecule has 4 rings (SSSR count). The second-order valence-electron chi connectivity index (χ2n) is 6.99. The van der Waals surface area contributed by atoms with Crippen molar-refractivity contribution < 1.29 is 23.8 Å². The number of benzene rings is 2. The van der Waals surface area contributed by atoms with Crippen molar-refractivity contribution in [3.05, 3.63) is 86.3 Å². The summed E-state index contributed by atoms with van der Waals surface area (Å²) in [6.07, 6.45) is 0. The van der Waals surface area contributed by atoms with Gasteiger partial charge in [-0.15, -0.1) is 11.3 Å². The number of rotatable bonds is 4. The molecule has 2 heterocycles. The van der Waals surface area contributed by atoms with Crippen LogP contribution in [0.2, 0.25) is 5.02 Å². The van der Waals surface area contributed by atoms with Crippen molar-refractivity contribution in [2.75, 3.05) is 12.0 Å². The van der Waals surface area contributed by atoms with E-state index in [9.17, 15) is 19.1 Å². The van der Waals surface area contributed by atoms with Crippen LogP contribution in [0.4, 0.5) is 10.1 Å². The standard InChI is InChI=1S/C23H17ClFNO4S/c1-12-10-15(22(30-2)16(24)11-12)20(27)18-19(17-4-3-9-31-17)26(23(29)21(18)28)14-7-5-13(25)6-8-14/h3-11,19,27H,1-2H3/b20-18-. The number of carbonyl (C=O) groups is 2. The van der Waals surface area contributed by atoms with E-state index >= 15 is 0 Å². The number of thiophene rings is 1. The summed E-state index contributed by atoms with van der Waals surface area (Å²) in [7, 11) is 1.40. The second kappa shape index (κ2) is 8.17. The van der Waals surface area contributed by atoms with Crippen molar-refractivity contribution in [2.24, 2.45) is 0 Å². The Kier molecular flexibility index (Phi) is 5.56. The number of hydrogen-bond acceptors (Lipinski definition) is 5. The van der Waals surface area contributed by atoms with Crippen LogP contribution in [-0.4, -0.2) is 23.9 Å². The van der Waals surface area contributed by atoms with Crippen molar-refractivity contribution in [3.8, 4) is 5.75 Å². The van der Waals surface area contributed by atoms with Crippen molar-refractivity contribution in [3.63, 3.8) is 0 Å². The Morgan fingerprint density at radius 3 is 2.52 bits per heavy atom. The molecule has 0 radical (unpaired) electrons. The minimum absolute atomic E-state index is 0.0864. The van der Waals surface area contributed by atoms with Crippen molar-refractivity contribution in [1.29, 1.82) is 0 Å². The maximum Gasteiger partial charge on any atom is 0.300 e. The molecule has 1 aliphatic heterocycles. The van der Waals surface area contributed by atoms with E-state index in [1.807, 2.05) is 5.38 Å². The summed E-state index contributed by atoms with van der Waals surface area (Å²) in [5.74, 6) is -2.32. The number of anilines is 1. The summed E-state index contributed by atoms with van der Waals surface area (Å²) >= 11 is 7.61. The minimum atomic E-state index is -0.880. The zero-order valence-electron chi connectivity index (χ0n) is 16.6. The van der Waals surface area contributed by atoms with Crippen LogP contribution in [0, 0.1) is 12.7 Å². The molecule has 3 aromatic rings. The number of aryl methyl sites for hydroxylation is 1. The monoisotopic (exact) mass is 457 g/mol. The third kappa shape index (κ3) is 3.60. The minimum Gasteiger partial charge on any atom is -0.507 e.